The molecule has 0 spiro atoms. The molecule has 1 aliphatic rings. The van der Waals surface area contributed by atoms with Gasteiger partial charge in [0.25, 0.3) is 5.91 Å². The van der Waals surface area contributed by atoms with Crippen molar-refractivity contribution in [3.63, 3.8) is 0 Å². The van der Waals surface area contributed by atoms with Gasteiger partial charge in [0.15, 0.2) is 0 Å². The van der Waals surface area contributed by atoms with E-state index in [4.69, 9.17) is 0 Å². The topological polar surface area (TPSA) is 45.2 Å². The Hall–Kier alpha value is -1.58. The molecule has 4 nitrogen and oxygen atoms in total. The van der Waals surface area contributed by atoms with Crippen molar-refractivity contribution in [2.24, 2.45) is 5.92 Å². The third kappa shape index (κ3) is 3.00. The van der Waals surface area contributed by atoms with Gasteiger partial charge in [0.1, 0.15) is 0 Å². The average Bonchev–Trinajstić information content (AvgIpc) is 3.20. The minimum absolute atomic E-state index is 0.114. The molecule has 1 aromatic rings. The number of carbonyl (C=O) groups is 1. The van der Waals surface area contributed by atoms with E-state index in [1.54, 1.807) is 18.5 Å². The zero-order valence-corrected chi connectivity index (χ0v) is 11.1. The molecule has 0 aromatic carbocycles. The highest BCUT2D eigenvalue weighted by atomic mass is 16.2. The molecule has 1 fully saturated rings. The van der Waals surface area contributed by atoms with Crippen LogP contribution in [0.5, 0.6) is 0 Å². The zero-order chi connectivity index (χ0) is 13.0. The van der Waals surface area contributed by atoms with Crippen LogP contribution in [0.4, 0.5) is 5.69 Å². The molecule has 0 aliphatic heterocycles. The number of carbonyl (C=O) groups excluding carboxylic acids is 1. The van der Waals surface area contributed by atoms with Crippen LogP contribution in [0.2, 0.25) is 0 Å². The molecule has 1 heterocycles. The number of amides is 1. The molecule has 1 saturated carbocycles. The molecule has 4 heteroatoms. The summed E-state index contributed by atoms with van der Waals surface area (Å²) in [5, 5.41) is 3.19. The van der Waals surface area contributed by atoms with Crippen LogP contribution in [0.15, 0.2) is 18.5 Å². The number of nitrogens with zero attached hydrogens (tertiary/aromatic N) is 2. The van der Waals surface area contributed by atoms with Crippen LogP contribution in [0, 0.1) is 5.92 Å². The van der Waals surface area contributed by atoms with E-state index in [2.05, 4.69) is 10.3 Å². The molecule has 0 unspecified atom stereocenters. The summed E-state index contributed by atoms with van der Waals surface area (Å²) < 4.78 is 0. The van der Waals surface area contributed by atoms with Crippen molar-refractivity contribution in [1.82, 2.24) is 9.88 Å². The van der Waals surface area contributed by atoms with Crippen LogP contribution in [0.1, 0.15) is 37.0 Å². The lowest BCUT2D eigenvalue weighted by Crippen LogP contribution is -2.33. The smallest absolute Gasteiger partial charge is 0.256 e. The highest BCUT2D eigenvalue weighted by Gasteiger charge is 2.27. The number of hydrogen-bond acceptors (Lipinski definition) is 3. The predicted molar refractivity (Wildman–Crippen MR) is 72.7 cm³/mol. The Morgan fingerprint density at radius 2 is 2.28 bits per heavy atom. The largest absolute Gasteiger partial charge is 0.383 e. The van der Waals surface area contributed by atoms with Crippen molar-refractivity contribution in [3.8, 4) is 0 Å². The van der Waals surface area contributed by atoms with Crippen molar-refractivity contribution < 1.29 is 4.79 Å². The first-order valence-corrected chi connectivity index (χ1v) is 6.73. The predicted octanol–water partition coefficient (Wildman–Crippen LogP) is 2.39. The number of aromatic nitrogens is 1. The Kier molecular flexibility index (Phi) is 4.18. The maximum atomic E-state index is 12.5. The molecule has 18 heavy (non-hydrogen) atoms. The highest BCUT2D eigenvalue weighted by Crippen LogP contribution is 2.30. The standard InChI is InChI=1S/C14H21N3O/c1-3-16-13-9-15-8-7-12(13)14(18)17(4-2)10-11-5-6-11/h7-9,11,16H,3-6,10H2,1-2H3. The van der Waals surface area contributed by atoms with Crippen LogP contribution in [-0.2, 0) is 0 Å². The first-order chi connectivity index (χ1) is 8.76. The SMILES string of the molecule is CCNc1cnccc1C(=O)N(CC)CC1CC1. The molecule has 2 rings (SSSR count). The van der Waals surface area contributed by atoms with Gasteiger partial charge in [-0.1, -0.05) is 0 Å². The number of rotatable bonds is 6. The minimum Gasteiger partial charge on any atom is -0.383 e. The summed E-state index contributed by atoms with van der Waals surface area (Å²) in [6.45, 7) is 6.50. The van der Waals surface area contributed by atoms with Gasteiger partial charge >= 0.3 is 0 Å². The lowest BCUT2D eigenvalue weighted by molar-refractivity contribution is 0.0758. The third-order valence-electron chi connectivity index (χ3n) is 3.26. The summed E-state index contributed by atoms with van der Waals surface area (Å²) in [5.74, 6) is 0.834. The van der Waals surface area contributed by atoms with E-state index in [0.717, 1.165) is 36.8 Å². The second-order valence-electron chi connectivity index (χ2n) is 4.74. The van der Waals surface area contributed by atoms with Crippen molar-refractivity contribution in [2.45, 2.75) is 26.7 Å². The molecule has 1 N–H and O–H groups in total. The fraction of sp³-hybridized carbons (Fsp3) is 0.571. The fourth-order valence-corrected chi connectivity index (χ4v) is 2.05. The molecule has 1 aromatic heterocycles. The lowest BCUT2D eigenvalue weighted by atomic mass is 10.2. The normalized spacial score (nSPS) is 14.3. The molecule has 1 amide bonds. The Morgan fingerprint density at radius 1 is 1.50 bits per heavy atom. The van der Waals surface area contributed by atoms with Crippen LogP contribution < -0.4 is 5.32 Å². The second kappa shape index (κ2) is 5.85. The van der Waals surface area contributed by atoms with Gasteiger partial charge in [0.2, 0.25) is 0 Å². The van der Waals surface area contributed by atoms with E-state index in [9.17, 15) is 4.79 Å². The number of pyridine rings is 1. The molecule has 0 atom stereocenters. The van der Waals surface area contributed by atoms with Gasteiger partial charge < -0.3 is 10.2 Å². The summed E-state index contributed by atoms with van der Waals surface area (Å²) in [7, 11) is 0. The molecule has 1 aliphatic carbocycles. The highest BCUT2D eigenvalue weighted by molar-refractivity contribution is 5.99. The van der Waals surface area contributed by atoms with Crippen LogP contribution in [-0.4, -0.2) is 35.4 Å². The van der Waals surface area contributed by atoms with Crippen molar-refractivity contribution >= 4 is 11.6 Å². The average molecular weight is 247 g/mol. The van der Waals surface area contributed by atoms with E-state index >= 15 is 0 Å². The van der Waals surface area contributed by atoms with E-state index in [1.165, 1.54) is 12.8 Å². The van der Waals surface area contributed by atoms with Gasteiger partial charge in [-0.2, -0.15) is 0 Å². The summed E-state index contributed by atoms with van der Waals surface area (Å²) >= 11 is 0. The maximum Gasteiger partial charge on any atom is 0.256 e. The monoisotopic (exact) mass is 247 g/mol. The molecular formula is C14H21N3O. The number of nitrogens with one attached hydrogen (secondary N) is 1. The summed E-state index contributed by atoms with van der Waals surface area (Å²) in [4.78, 5) is 18.5. The van der Waals surface area contributed by atoms with Gasteiger partial charge in [-0.15, -0.1) is 0 Å². The van der Waals surface area contributed by atoms with Gasteiger partial charge in [-0.3, -0.25) is 9.78 Å². The summed E-state index contributed by atoms with van der Waals surface area (Å²) in [5.41, 5.74) is 1.56. The second-order valence-corrected chi connectivity index (χ2v) is 4.74. The first kappa shape index (κ1) is 12.9. The quantitative estimate of drug-likeness (QED) is 0.839. The molecular weight excluding hydrogens is 226 g/mol. The van der Waals surface area contributed by atoms with E-state index in [-0.39, 0.29) is 5.91 Å². The molecule has 0 radical (unpaired) electrons. The summed E-state index contributed by atoms with van der Waals surface area (Å²) in [6.07, 6.45) is 5.93. The van der Waals surface area contributed by atoms with Gasteiger partial charge in [0, 0.05) is 25.8 Å². The van der Waals surface area contributed by atoms with Crippen molar-refractivity contribution in [1.29, 1.82) is 0 Å². The van der Waals surface area contributed by atoms with Crippen LogP contribution in [0.25, 0.3) is 0 Å². The Balaban J connectivity index is 2.14. The van der Waals surface area contributed by atoms with E-state index in [1.807, 2.05) is 18.7 Å². The van der Waals surface area contributed by atoms with Crippen LogP contribution >= 0.6 is 0 Å². The first-order valence-electron chi connectivity index (χ1n) is 6.73. The third-order valence-corrected chi connectivity index (χ3v) is 3.26. The van der Waals surface area contributed by atoms with Gasteiger partial charge in [0.05, 0.1) is 17.4 Å². The Labute approximate surface area is 108 Å². The molecule has 0 saturated heterocycles. The van der Waals surface area contributed by atoms with E-state index < -0.39 is 0 Å². The number of hydrogen-bond donors (Lipinski definition) is 1. The maximum absolute atomic E-state index is 12.5. The Bertz CT molecular complexity index is 415. The van der Waals surface area contributed by atoms with E-state index in [0.29, 0.717) is 0 Å². The lowest BCUT2D eigenvalue weighted by Gasteiger charge is -2.22. The van der Waals surface area contributed by atoms with Crippen molar-refractivity contribution in [2.75, 3.05) is 25.0 Å². The summed E-state index contributed by atoms with van der Waals surface area (Å²) in [6, 6.07) is 1.80. The van der Waals surface area contributed by atoms with Crippen molar-refractivity contribution in [3.05, 3.63) is 24.0 Å². The van der Waals surface area contributed by atoms with Gasteiger partial charge in [-0.25, -0.2) is 0 Å². The molecule has 98 valence electrons. The zero-order valence-electron chi connectivity index (χ0n) is 11.1. The molecule has 0 bridgehead atoms. The van der Waals surface area contributed by atoms with Crippen LogP contribution in [0.3, 0.4) is 0 Å². The number of anilines is 1. The Morgan fingerprint density at radius 3 is 2.89 bits per heavy atom. The fourth-order valence-electron chi connectivity index (χ4n) is 2.05. The minimum atomic E-state index is 0.114. The van der Waals surface area contributed by atoms with Gasteiger partial charge in [-0.05, 0) is 38.7 Å².